The van der Waals surface area contributed by atoms with Gasteiger partial charge in [0.15, 0.2) is 11.6 Å². The Bertz CT molecular complexity index is 741. The predicted octanol–water partition coefficient (Wildman–Crippen LogP) is 1.43. The summed E-state index contributed by atoms with van der Waals surface area (Å²) in [6.45, 7) is 2.82. The molecular weight excluding hydrogens is 306 g/mol. The number of aromatic nitrogens is 3. The van der Waals surface area contributed by atoms with E-state index in [1.54, 1.807) is 18.5 Å². The molecule has 128 valence electrons. The highest BCUT2D eigenvalue weighted by Crippen LogP contribution is 2.34. The van der Waals surface area contributed by atoms with Crippen LogP contribution in [-0.4, -0.2) is 33.6 Å². The van der Waals surface area contributed by atoms with E-state index in [-0.39, 0.29) is 17.8 Å². The minimum atomic E-state index is -0.00584. The summed E-state index contributed by atoms with van der Waals surface area (Å²) in [5, 5.41) is 20.7. The van der Waals surface area contributed by atoms with Crippen LogP contribution in [-0.2, 0) is 4.79 Å². The molecule has 1 aliphatic carbocycles. The molecule has 8 heteroatoms. The van der Waals surface area contributed by atoms with E-state index in [1.807, 2.05) is 0 Å². The fourth-order valence-corrected chi connectivity index (χ4v) is 3.52. The zero-order valence-corrected chi connectivity index (χ0v) is 13.7. The molecule has 3 rings (SSSR count). The molecule has 0 bridgehead atoms. The summed E-state index contributed by atoms with van der Waals surface area (Å²) < 4.78 is 0. The van der Waals surface area contributed by atoms with Crippen LogP contribution in [0.25, 0.3) is 11.0 Å². The van der Waals surface area contributed by atoms with Crippen LogP contribution in [0.1, 0.15) is 26.2 Å². The first-order valence-electron chi connectivity index (χ1n) is 8.21. The monoisotopic (exact) mass is 329 g/mol. The van der Waals surface area contributed by atoms with E-state index in [0.29, 0.717) is 24.0 Å². The summed E-state index contributed by atoms with van der Waals surface area (Å²) in [4.78, 5) is 16.9. The van der Waals surface area contributed by atoms with Gasteiger partial charge in [-0.15, -0.1) is 0 Å². The largest absolute Gasteiger partial charge is 0.370 e. The SMILES string of the molecule is C[C@@H]1C[C@@H](CNC(=N)N)CC[C@H]1C(=O)Nc1ccnc2[nH]ncc12. The summed E-state index contributed by atoms with van der Waals surface area (Å²) in [5.41, 5.74) is 6.75. The molecule has 2 heterocycles. The fourth-order valence-electron chi connectivity index (χ4n) is 3.52. The van der Waals surface area contributed by atoms with Crippen LogP contribution in [0.3, 0.4) is 0 Å². The number of carbonyl (C=O) groups excluding carboxylic acids is 1. The molecule has 1 fully saturated rings. The van der Waals surface area contributed by atoms with Gasteiger partial charge in [-0.3, -0.25) is 15.3 Å². The van der Waals surface area contributed by atoms with E-state index in [4.69, 9.17) is 11.1 Å². The van der Waals surface area contributed by atoms with Crippen molar-refractivity contribution in [3.63, 3.8) is 0 Å². The molecule has 0 aliphatic heterocycles. The summed E-state index contributed by atoms with van der Waals surface area (Å²) >= 11 is 0. The van der Waals surface area contributed by atoms with Gasteiger partial charge in [0.2, 0.25) is 5.91 Å². The highest BCUT2D eigenvalue weighted by molar-refractivity contribution is 6.00. The first kappa shape index (κ1) is 16.2. The Labute approximate surface area is 140 Å². The van der Waals surface area contributed by atoms with Crippen molar-refractivity contribution in [1.82, 2.24) is 20.5 Å². The number of pyridine rings is 1. The molecule has 3 atom stereocenters. The van der Waals surface area contributed by atoms with Gasteiger partial charge in [-0.1, -0.05) is 6.92 Å². The highest BCUT2D eigenvalue weighted by Gasteiger charge is 2.32. The maximum absolute atomic E-state index is 12.7. The lowest BCUT2D eigenvalue weighted by molar-refractivity contribution is -0.122. The van der Waals surface area contributed by atoms with Gasteiger partial charge in [0.25, 0.3) is 0 Å². The van der Waals surface area contributed by atoms with Crippen LogP contribution in [0.5, 0.6) is 0 Å². The summed E-state index contributed by atoms with van der Waals surface area (Å²) in [6, 6.07) is 1.79. The van der Waals surface area contributed by atoms with Crippen molar-refractivity contribution in [3.05, 3.63) is 18.5 Å². The maximum atomic E-state index is 12.7. The van der Waals surface area contributed by atoms with Crippen molar-refractivity contribution in [2.24, 2.45) is 23.5 Å². The third-order valence-electron chi connectivity index (χ3n) is 4.81. The molecule has 24 heavy (non-hydrogen) atoms. The maximum Gasteiger partial charge on any atom is 0.227 e. The first-order chi connectivity index (χ1) is 11.5. The van der Waals surface area contributed by atoms with Crippen LogP contribution < -0.4 is 16.4 Å². The molecular formula is C16H23N7O. The average Bonchev–Trinajstić information content (AvgIpc) is 3.02. The van der Waals surface area contributed by atoms with Crippen molar-refractivity contribution >= 4 is 28.6 Å². The normalized spacial score (nSPS) is 23.8. The zero-order valence-electron chi connectivity index (χ0n) is 13.7. The van der Waals surface area contributed by atoms with E-state index >= 15 is 0 Å². The standard InChI is InChI=1S/C16H23N7O/c1-9-6-10(7-20-16(17)18)2-3-11(9)15(24)22-13-4-5-19-14-12(13)8-21-23-14/h4-5,8-11H,2-3,6-7H2,1H3,(H4,17,18,20)(H2,19,21,22,23,24)/t9-,10+,11-/m1/s1. The number of nitrogens with zero attached hydrogens (tertiary/aromatic N) is 2. The molecule has 2 aromatic heterocycles. The highest BCUT2D eigenvalue weighted by atomic mass is 16.1. The van der Waals surface area contributed by atoms with Gasteiger partial charge in [-0.25, -0.2) is 4.98 Å². The van der Waals surface area contributed by atoms with Gasteiger partial charge in [-0.05, 0) is 37.2 Å². The second kappa shape index (κ2) is 6.86. The van der Waals surface area contributed by atoms with Crippen molar-refractivity contribution in [2.45, 2.75) is 26.2 Å². The van der Waals surface area contributed by atoms with Crippen LogP contribution in [0, 0.1) is 23.2 Å². The van der Waals surface area contributed by atoms with Crippen molar-refractivity contribution in [1.29, 1.82) is 5.41 Å². The first-order valence-corrected chi connectivity index (χ1v) is 8.21. The molecule has 6 N–H and O–H groups in total. The number of hydrogen-bond acceptors (Lipinski definition) is 4. The second-order valence-electron chi connectivity index (χ2n) is 6.54. The van der Waals surface area contributed by atoms with Gasteiger partial charge >= 0.3 is 0 Å². The van der Waals surface area contributed by atoms with Gasteiger partial charge in [0.05, 0.1) is 17.3 Å². The Morgan fingerprint density at radius 1 is 1.50 bits per heavy atom. The average molecular weight is 329 g/mol. The lowest BCUT2D eigenvalue weighted by Crippen LogP contribution is -2.39. The Kier molecular flexibility index (Phi) is 4.64. The van der Waals surface area contributed by atoms with E-state index in [0.717, 1.165) is 30.3 Å². The van der Waals surface area contributed by atoms with Gasteiger partial charge in [-0.2, -0.15) is 5.10 Å². The van der Waals surface area contributed by atoms with Gasteiger partial charge < -0.3 is 16.4 Å². The van der Waals surface area contributed by atoms with Crippen LogP contribution >= 0.6 is 0 Å². The second-order valence-corrected chi connectivity index (χ2v) is 6.54. The summed E-state index contributed by atoms with van der Waals surface area (Å²) in [6.07, 6.45) is 6.09. The number of aromatic amines is 1. The molecule has 0 unspecified atom stereocenters. The van der Waals surface area contributed by atoms with E-state index in [2.05, 4.69) is 32.7 Å². The van der Waals surface area contributed by atoms with Gasteiger partial charge in [0, 0.05) is 18.7 Å². The molecule has 2 aromatic rings. The Balaban J connectivity index is 1.62. The Morgan fingerprint density at radius 3 is 3.08 bits per heavy atom. The topological polar surface area (TPSA) is 133 Å². The lowest BCUT2D eigenvalue weighted by atomic mass is 9.74. The van der Waals surface area contributed by atoms with Crippen LogP contribution in [0.4, 0.5) is 5.69 Å². The van der Waals surface area contributed by atoms with Crippen molar-refractivity contribution in [3.8, 4) is 0 Å². The van der Waals surface area contributed by atoms with Crippen LogP contribution in [0.2, 0.25) is 0 Å². The third-order valence-corrected chi connectivity index (χ3v) is 4.81. The minimum absolute atomic E-state index is 0.00401. The van der Waals surface area contributed by atoms with Crippen LogP contribution in [0.15, 0.2) is 18.5 Å². The quantitative estimate of drug-likeness (QED) is 0.427. The molecule has 8 nitrogen and oxygen atoms in total. The number of rotatable bonds is 4. The number of nitrogens with two attached hydrogens (primary N) is 1. The number of anilines is 1. The zero-order chi connectivity index (χ0) is 17.1. The molecule has 1 aliphatic rings. The number of amides is 1. The van der Waals surface area contributed by atoms with Crippen molar-refractivity contribution < 1.29 is 4.79 Å². The summed E-state index contributed by atoms with van der Waals surface area (Å²) in [5.74, 6) is 0.792. The molecule has 1 amide bonds. The number of fused-ring (bicyclic) bond motifs is 1. The van der Waals surface area contributed by atoms with E-state index < -0.39 is 0 Å². The molecule has 0 aromatic carbocycles. The number of guanidine groups is 1. The Hall–Kier alpha value is -2.64. The number of carbonyl (C=O) groups is 1. The molecule has 0 saturated heterocycles. The predicted molar refractivity (Wildman–Crippen MR) is 92.4 cm³/mol. The smallest absolute Gasteiger partial charge is 0.227 e. The number of nitrogens with one attached hydrogen (secondary N) is 4. The lowest BCUT2D eigenvalue weighted by Gasteiger charge is -2.33. The third kappa shape index (κ3) is 3.47. The Morgan fingerprint density at radius 2 is 2.33 bits per heavy atom. The minimum Gasteiger partial charge on any atom is -0.370 e. The number of H-pyrrole nitrogens is 1. The van der Waals surface area contributed by atoms with E-state index in [9.17, 15) is 4.79 Å². The fraction of sp³-hybridized carbons (Fsp3) is 0.500. The van der Waals surface area contributed by atoms with E-state index in [1.165, 1.54) is 0 Å². The van der Waals surface area contributed by atoms with Gasteiger partial charge in [0.1, 0.15) is 0 Å². The summed E-state index contributed by atoms with van der Waals surface area (Å²) in [7, 11) is 0. The van der Waals surface area contributed by atoms with Crippen molar-refractivity contribution in [2.75, 3.05) is 11.9 Å². The molecule has 0 radical (unpaired) electrons. The molecule has 1 saturated carbocycles. The molecule has 0 spiro atoms. The number of hydrogen-bond donors (Lipinski definition) is 5.